The smallest absolute Gasteiger partial charge is 0.0666 e. The summed E-state index contributed by atoms with van der Waals surface area (Å²) in [5.41, 5.74) is 6.33. The molecular formula is C11H25NS2. The summed E-state index contributed by atoms with van der Waals surface area (Å²) in [5.74, 6) is 0. The Morgan fingerprint density at radius 1 is 0.857 bits per heavy atom. The average Bonchev–Trinajstić information content (AvgIpc) is 1.76. The molecule has 1 nitrogen and oxygen atoms in total. The van der Waals surface area contributed by atoms with Crippen LogP contribution in [0.4, 0.5) is 0 Å². The van der Waals surface area contributed by atoms with Crippen molar-refractivity contribution in [3.05, 3.63) is 0 Å². The van der Waals surface area contributed by atoms with Gasteiger partial charge >= 0.3 is 0 Å². The van der Waals surface area contributed by atoms with Crippen molar-refractivity contribution in [2.75, 3.05) is 0 Å². The van der Waals surface area contributed by atoms with Gasteiger partial charge in [0.25, 0.3) is 0 Å². The molecule has 0 spiro atoms. The van der Waals surface area contributed by atoms with Crippen molar-refractivity contribution in [2.24, 2.45) is 11.1 Å². The van der Waals surface area contributed by atoms with Crippen LogP contribution in [-0.4, -0.2) is 9.62 Å². The molecule has 0 atom stereocenters. The van der Waals surface area contributed by atoms with Crippen LogP contribution in [0, 0.1) is 5.41 Å². The van der Waals surface area contributed by atoms with Crippen molar-refractivity contribution in [2.45, 2.75) is 64.5 Å². The van der Waals surface area contributed by atoms with Crippen molar-refractivity contribution in [3.63, 3.8) is 0 Å². The van der Waals surface area contributed by atoms with Crippen LogP contribution in [0.2, 0.25) is 0 Å². The SMILES string of the molecule is CC(C)(C)CC(C)(C)SSC(C)(C)N. The summed E-state index contributed by atoms with van der Waals surface area (Å²) >= 11 is 0. The van der Waals surface area contributed by atoms with E-state index in [1.54, 1.807) is 10.8 Å². The predicted octanol–water partition coefficient (Wildman–Crippen LogP) is 4.28. The van der Waals surface area contributed by atoms with E-state index in [0.29, 0.717) is 10.2 Å². The summed E-state index contributed by atoms with van der Waals surface area (Å²) < 4.78 is 0.291. The molecule has 0 radical (unpaired) electrons. The monoisotopic (exact) mass is 235 g/mol. The second-order valence-corrected chi connectivity index (χ2v) is 9.76. The van der Waals surface area contributed by atoms with E-state index in [-0.39, 0.29) is 4.87 Å². The van der Waals surface area contributed by atoms with Gasteiger partial charge in [0.05, 0.1) is 4.87 Å². The van der Waals surface area contributed by atoms with Gasteiger partial charge in [-0.25, -0.2) is 0 Å². The van der Waals surface area contributed by atoms with Gasteiger partial charge in [-0.2, -0.15) is 0 Å². The average molecular weight is 235 g/mol. The van der Waals surface area contributed by atoms with Gasteiger partial charge in [-0.1, -0.05) is 42.4 Å². The van der Waals surface area contributed by atoms with Crippen molar-refractivity contribution in [1.82, 2.24) is 0 Å². The number of nitrogens with two attached hydrogens (primary N) is 1. The zero-order chi connectivity index (χ0) is 11.6. The number of hydrogen-bond acceptors (Lipinski definition) is 3. The molecule has 0 aliphatic rings. The first-order valence-electron chi connectivity index (χ1n) is 5.07. The van der Waals surface area contributed by atoms with Gasteiger partial charge in [-0.15, -0.1) is 0 Å². The third-order valence-corrected chi connectivity index (χ3v) is 5.44. The maximum atomic E-state index is 5.95. The van der Waals surface area contributed by atoms with Gasteiger partial charge in [0.2, 0.25) is 0 Å². The predicted molar refractivity (Wildman–Crippen MR) is 71.6 cm³/mol. The van der Waals surface area contributed by atoms with E-state index in [1.165, 1.54) is 6.42 Å². The lowest BCUT2D eigenvalue weighted by atomic mass is 9.86. The second kappa shape index (κ2) is 4.67. The lowest BCUT2D eigenvalue weighted by Gasteiger charge is -2.33. The molecule has 0 heterocycles. The molecule has 0 fully saturated rings. The van der Waals surface area contributed by atoms with E-state index in [2.05, 4.69) is 48.5 Å². The van der Waals surface area contributed by atoms with E-state index in [0.717, 1.165) is 0 Å². The summed E-state index contributed by atoms with van der Waals surface area (Å²) in [4.78, 5) is -0.139. The highest BCUT2D eigenvalue weighted by Crippen LogP contribution is 2.46. The van der Waals surface area contributed by atoms with Gasteiger partial charge in [0, 0.05) is 4.75 Å². The maximum Gasteiger partial charge on any atom is 0.0666 e. The van der Waals surface area contributed by atoms with Crippen molar-refractivity contribution < 1.29 is 0 Å². The molecule has 14 heavy (non-hydrogen) atoms. The Hall–Kier alpha value is 0.660. The minimum absolute atomic E-state index is 0.139. The molecule has 0 saturated carbocycles. The van der Waals surface area contributed by atoms with Crippen LogP contribution in [-0.2, 0) is 0 Å². The number of rotatable bonds is 4. The molecule has 0 saturated heterocycles. The molecule has 0 aliphatic carbocycles. The summed E-state index contributed by atoms with van der Waals surface area (Å²) in [5, 5.41) is 0. The van der Waals surface area contributed by atoms with E-state index < -0.39 is 0 Å². The first-order chi connectivity index (χ1) is 5.91. The van der Waals surface area contributed by atoms with E-state index >= 15 is 0 Å². The molecule has 0 aromatic heterocycles. The van der Waals surface area contributed by atoms with Crippen LogP contribution in [0.5, 0.6) is 0 Å². The summed E-state index contributed by atoms with van der Waals surface area (Å²) in [7, 11) is 3.68. The van der Waals surface area contributed by atoms with Crippen LogP contribution in [0.25, 0.3) is 0 Å². The molecule has 0 rings (SSSR count). The van der Waals surface area contributed by atoms with Crippen molar-refractivity contribution >= 4 is 21.6 Å². The molecule has 0 aromatic rings. The number of hydrogen-bond donors (Lipinski definition) is 1. The van der Waals surface area contributed by atoms with Crippen LogP contribution in [0.15, 0.2) is 0 Å². The summed E-state index contributed by atoms with van der Waals surface area (Å²) in [6.07, 6.45) is 1.20. The molecule has 86 valence electrons. The minimum Gasteiger partial charge on any atom is -0.317 e. The molecule has 0 aliphatic heterocycles. The van der Waals surface area contributed by atoms with Crippen LogP contribution in [0.3, 0.4) is 0 Å². The Balaban J connectivity index is 4.09. The largest absolute Gasteiger partial charge is 0.317 e. The molecule has 3 heteroatoms. The Kier molecular flexibility index (Phi) is 4.89. The molecule has 0 aromatic carbocycles. The zero-order valence-electron chi connectivity index (χ0n) is 10.6. The second-order valence-electron chi connectivity index (χ2n) is 6.27. The summed E-state index contributed by atoms with van der Waals surface area (Å²) in [6.45, 7) is 15.5. The van der Waals surface area contributed by atoms with Crippen LogP contribution >= 0.6 is 21.6 Å². The Morgan fingerprint density at radius 2 is 1.29 bits per heavy atom. The van der Waals surface area contributed by atoms with Gasteiger partial charge < -0.3 is 5.73 Å². The van der Waals surface area contributed by atoms with E-state index in [9.17, 15) is 0 Å². The fraction of sp³-hybridized carbons (Fsp3) is 1.00. The fourth-order valence-electron chi connectivity index (χ4n) is 1.53. The van der Waals surface area contributed by atoms with Gasteiger partial charge in [0.1, 0.15) is 0 Å². The standard InChI is InChI=1S/C11H25NS2/c1-9(2,3)8-10(4,5)13-14-11(6,7)12/h8,12H2,1-7H3. The lowest BCUT2D eigenvalue weighted by Crippen LogP contribution is -2.29. The zero-order valence-corrected chi connectivity index (χ0v) is 12.2. The molecule has 0 bridgehead atoms. The van der Waals surface area contributed by atoms with Gasteiger partial charge in [0.15, 0.2) is 0 Å². The third kappa shape index (κ3) is 9.22. The molecule has 0 unspecified atom stereocenters. The minimum atomic E-state index is -0.139. The first-order valence-corrected chi connectivity index (χ1v) is 7.22. The quantitative estimate of drug-likeness (QED) is 0.582. The van der Waals surface area contributed by atoms with E-state index in [1.807, 2.05) is 10.8 Å². The fourth-order valence-corrected chi connectivity index (χ4v) is 3.96. The van der Waals surface area contributed by atoms with Crippen molar-refractivity contribution in [1.29, 1.82) is 0 Å². The molecule has 2 N–H and O–H groups in total. The van der Waals surface area contributed by atoms with Crippen LogP contribution in [0.1, 0.15) is 54.9 Å². The first kappa shape index (κ1) is 14.7. The maximum absolute atomic E-state index is 5.95. The Labute approximate surface area is 97.4 Å². The topological polar surface area (TPSA) is 26.0 Å². The highest BCUT2D eigenvalue weighted by molar-refractivity contribution is 8.77. The molecule has 0 amide bonds. The Bertz CT molecular complexity index is 175. The van der Waals surface area contributed by atoms with Crippen LogP contribution < -0.4 is 5.73 Å². The third-order valence-electron chi connectivity index (χ3n) is 1.44. The summed E-state index contributed by atoms with van der Waals surface area (Å²) in [6, 6.07) is 0. The highest BCUT2D eigenvalue weighted by atomic mass is 33.1. The lowest BCUT2D eigenvalue weighted by molar-refractivity contribution is 0.340. The van der Waals surface area contributed by atoms with Crippen molar-refractivity contribution in [3.8, 4) is 0 Å². The van der Waals surface area contributed by atoms with Gasteiger partial charge in [-0.3, -0.25) is 0 Å². The normalized spacial score (nSPS) is 14.6. The van der Waals surface area contributed by atoms with E-state index in [4.69, 9.17) is 5.73 Å². The highest BCUT2D eigenvalue weighted by Gasteiger charge is 2.28. The Morgan fingerprint density at radius 3 is 1.57 bits per heavy atom. The molecular weight excluding hydrogens is 210 g/mol. The van der Waals surface area contributed by atoms with Gasteiger partial charge in [-0.05, 0) is 39.5 Å².